The van der Waals surface area contributed by atoms with Crippen LogP contribution >= 0.6 is 12.4 Å². The molecule has 0 amide bonds. The lowest BCUT2D eigenvalue weighted by Gasteiger charge is -2.14. The largest absolute Gasteiger partial charge is 0.419 e. The minimum absolute atomic E-state index is 0. The lowest BCUT2D eigenvalue weighted by atomic mass is 10.0. The fourth-order valence-electron chi connectivity index (χ4n) is 1.69. The first-order valence-corrected chi connectivity index (χ1v) is 5.02. The molecule has 0 heterocycles. The number of halogens is 5. The summed E-state index contributed by atoms with van der Waals surface area (Å²) >= 11 is 0. The van der Waals surface area contributed by atoms with Crippen molar-refractivity contribution in [2.24, 2.45) is 11.7 Å². The molecule has 1 aliphatic rings. The molecule has 1 aliphatic carbocycles. The Balaban J connectivity index is 0.00000144. The van der Waals surface area contributed by atoms with Crippen molar-refractivity contribution in [1.82, 2.24) is 0 Å². The van der Waals surface area contributed by atoms with Gasteiger partial charge in [-0.25, -0.2) is 4.39 Å². The van der Waals surface area contributed by atoms with E-state index in [1.165, 1.54) is 6.07 Å². The SMILES string of the molecule is Cl.N[C@H](c1ccc(F)c(C(F)(F)F)c1)C1CC1. The van der Waals surface area contributed by atoms with Crippen LogP contribution < -0.4 is 5.73 Å². The van der Waals surface area contributed by atoms with Crippen molar-refractivity contribution in [3.63, 3.8) is 0 Å². The van der Waals surface area contributed by atoms with Crippen molar-refractivity contribution in [2.75, 3.05) is 0 Å². The molecule has 0 spiro atoms. The smallest absolute Gasteiger partial charge is 0.324 e. The van der Waals surface area contributed by atoms with Crippen LogP contribution in [0.2, 0.25) is 0 Å². The normalized spacial score (nSPS) is 17.5. The number of alkyl halides is 3. The van der Waals surface area contributed by atoms with E-state index >= 15 is 0 Å². The molecule has 17 heavy (non-hydrogen) atoms. The first kappa shape index (κ1) is 14.3. The van der Waals surface area contributed by atoms with Crippen LogP contribution in [-0.4, -0.2) is 0 Å². The Hall–Kier alpha value is -0.810. The van der Waals surface area contributed by atoms with Crippen molar-refractivity contribution in [3.8, 4) is 0 Å². The van der Waals surface area contributed by atoms with Gasteiger partial charge in [-0.15, -0.1) is 12.4 Å². The van der Waals surface area contributed by atoms with Gasteiger partial charge >= 0.3 is 6.18 Å². The third-order valence-corrected chi connectivity index (χ3v) is 2.81. The van der Waals surface area contributed by atoms with Gasteiger partial charge in [-0.2, -0.15) is 13.2 Å². The molecular formula is C11H12ClF4N. The van der Waals surface area contributed by atoms with Gasteiger partial charge in [0.2, 0.25) is 0 Å². The molecule has 1 aromatic carbocycles. The molecule has 0 aromatic heterocycles. The molecule has 6 heteroatoms. The monoisotopic (exact) mass is 269 g/mol. The van der Waals surface area contributed by atoms with Gasteiger partial charge in [0, 0.05) is 6.04 Å². The quantitative estimate of drug-likeness (QED) is 0.815. The zero-order valence-corrected chi connectivity index (χ0v) is 9.61. The maximum atomic E-state index is 13.0. The van der Waals surface area contributed by atoms with Gasteiger partial charge in [0.1, 0.15) is 5.82 Å². The first-order valence-electron chi connectivity index (χ1n) is 5.02. The molecule has 1 aromatic rings. The maximum absolute atomic E-state index is 13.0. The van der Waals surface area contributed by atoms with E-state index in [9.17, 15) is 17.6 Å². The van der Waals surface area contributed by atoms with Crippen molar-refractivity contribution in [1.29, 1.82) is 0 Å². The first-order chi connectivity index (χ1) is 7.39. The Morgan fingerprint density at radius 3 is 2.29 bits per heavy atom. The van der Waals surface area contributed by atoms with Crippen LogP contribution in [-0.2, 0) is 6.18 Å². The standard InChI is InChI=1S/C11H11F4N.ClH/c12-9-4-3-7(10(16)6-1-2-6)5-8(9)11(13,14)15;/h3-6,10H,1-2,16H2;1H/t10-;/m0./s1. The van der Waals surface area contributed by atoms with Gasteiger partial charge in [0.25, 0.3) is 0 Å². The second kappa shape index (κ2) is 4.82. The number of benzene rings is 1. The summed E-state index contributed by atoms with van der Waals surface area (Å²) in [4.78, 5) is 0. The fraction of sp³-hybridized carbons (Fsp3) is 0.455. The highest BCUT2D eigenvalue weighted by Crippen LogP contribution is 2.41. The lowest BCUT2D eigenvalue weighted by molar-refractivity contribution is -0.140. The minimum atomic E-state index is -4.66. The summed E-state index contributed by atoms with van der Waals surface area (Å²) in [5, 5.41) is 0. The van der Waals surface area contributed by atoms with Crippen LogP contribution in [0.15, 0.2) is 18.2 Å². The Morgan fingerprint density at radius 1 is 1.24 bits per heavy atom. The molecule has 0 radical (unpaired) electrons. The third-order valence-electron chi connectivity index (χ3n) is 2.81. The molecule has 1 nitrogen and oxygen atoms in total. The minimum Gasteiger partial charge on any atom is -0.324 e. The Bertz CT molecular complexity index is 401. The van der Waals surface area contributed by atoms with Crippen LogP contribution in [0.1, 0.15) is 30.0 Å². The Morgan fingerprint density at radius 2 is 1.82 bits per heavy atom. The van der Waals surface area contributed by atoms with E-state index in [1.54, 1.807) is 0 Å². The molecule has 0 saturated heterocycles. The average molecular weight is 270 g/mol. The zero-order valence-electron chi connectivity index (χ0n) is 8.80. The number of nitrogens with two attached hydrogens (primary N) is 1. The van der Waals surface area contributed by atoms with E-state index in [1.807, 2.05) is 0 Å². The average Bonchev–Trinajstić information content (AvgIpc) is 2.98. The second-order valence-corrected chi connectivity index (χ2v) is 4.10. The Kier molecular flexibility index (Phi) is 4.04. The van der Waals surface area contributed by atoms with Crippen molar-refractivity contribution < 1.29 is 17.6 Å². The molecule has 1 atom stereocenters. The van der Waals surface area contributed by atoms with E-state index in [0.717, 1.165) is 25.0 Å². The summed E-state index contributed by atoms with van der Waals surface area (Å²) in [6.45, 7) is 0. The molecule has 2 rings (SSSR count). The van der Waals surface area contributed by atoms with Gasteiger partial charge in [0.15, 0.2) is 0 Å². The highest BCUT2D eigenvalue weighted by Gasteiger charge is 2.36. The summed E-state index contributed by atoms with van der Waals surface area (Å²) in [6.07, 6.45) is -2.80. The summed E-state index contributed by atoms with van der Waals surface area (Å²) in [6, 6.07) is 2.56. The molecule has 0 aliphatic heterocycles. The molecule has 1 saturated carbocycles. The number of hydrogen-bond acceptors (Lipinski definition) is 1. The van der Waals surface area contributed by atoms with Crippen molar-refractivity contribution in [2.45, 2.75) is 25.1 Å². The van der Waals surface area contributed by atoms with Crippen LogP contribution in [0, 0.1) is 11.7 Å². The number of rotatable bonds is 2. The zero-order chi connectivity index (χ0) is 11.9. The molecule has 0 bridgehead atoms. The third kappa shape index (κ3) is 3.10. The van der Waals surface area contributed by atoms with E-state index < -0.39 is 23.6 Å². The summed E-state index contributed by atoms with van der Waals surface area (Å²) in [7, 11) is 0. The van der Waals surface area contributed by atoms with E-state index in [0.29, 0.717) is 5.56 Å². The molecule has 0 unspecified atom stereocenters. The summed E-state index contributed by atoms with van der Waals surface area (Å²) in [5.74, 6) is -1.01. The lowest BCUT2D eigenvalue weighted by Crippen LogP contribution is -2.15. The van der Waals surface area contributed by atoms with E-state index in [2.05, 4.69) is 0 Å². The second-order valence-electron chi connectivity index (χ2n) is 4.10. The van der Waals surface area contributed by atoms with Crippen LogP contribution in [0.25, 0.3) is 0 Å². The summed E-state index contributed by atoms with van der Waals surface area (Å²) in [5.41, 5.74) is 4.90. The maximum Gasteiger partial charge on any atom is 0.419 e. The molecule has 1 fully saturated rings. The van der Waals surface area contributed by atoms with Gasteiger partial charge in [-0.1, -0.05) is 6.07 Å². The van der Waals surface area contributed by atoms with Gasteiger partial charge < -0.3 is 5.73 Å². The predicted octanol–water partition coefficient (Wildman–Crippen LogP) is 3.68. The topological polar surface area (TPSA) is 26.0 Å². The Labute approximate surface area is 102 Å². The van der Waals surface area contributed by atoms with Crippen molar-refractivity contribution in [3.05, 3.63) is 35.1 Å². The summed E-state index contributed by atoms with van der Waals surface area (Å²) < 4.78 is 50.3. The highest BCUT2D eigenvalue weighted by molar-refractivity contribution is 5.85. The molecule has 96 valence electrons. The van der Waals surface area contributed by atoms with Crippen LogP contribution in [0.5, 0.6) is 0 Å². The van der Waals surface area contributed by atoms with Gasteiger partial charge in [-0.05, 0) is 36.5 Å². The van der Waals surface area contributed by atoms with Crippen LogP contribution in [0.3, 0.4) is 0 Å². The fourth-order valence-corrected chi connectivity index (χ4v) is 1.69. The van der Waals surface area contributed by atoms with Crippen molar-refractivity contribution >= 4 is 12.4 Å². The van der Waals surface area contributed by atoms with E-state index in [-0.39, 0.29) is 18.3 Å². The number of hydrogen-bond donors (Lipinski definition) is 1. The molecular weight excluding hydrogens is 258 g/mol. The van der Waals surface area contributed by atoms with Gasteiger partial charge in [0.05, 0.1) is 5.56 Å². The highest BCUT2D eigenvalue weighted by atomic mass is 35.5. The predicted molar refractivity (Wildman–Crippen MR) is 58.3 cm³/mol. The van der Waals surface area contributed by atoms with Gasteiger partial charge in [-0.3, -0.25) is 0 Å². The van der Waals surface area contributed by atoms with Crippen LogP contribution in [0.4, 0.5) is 17.6 Å². The van der Waals surface area contributed by atoms with E-state index in [4.69, 9.17) is 5.73 Å². The molecule has 2 N–H and O–H groups in total.